The highest BCUT2D eigenvalue weighted by atomic mass is 15.2. The van der Waals surface area contributed by atoms with Gasteiger partial charge in [-0.1, -0.05) is 153 Å². The molecule has 0 saturated carbocycles. The molecule has 244 valence electrons. The smallest absolute Gasteiger partial charge is 0.0702 e. The van der Waals surface area contributed by atoms with E-state index in [1.165, 1.54) is 88.4 Å². The van der Waals surface area contributed by atoms with Gasteiger partial charge in [-0.15, -0.1) is 0 Å². The van der Waals surface area contributed by atoms with E-state index in [1.807, 2.05) is 0 Å². The lowest BCUT2D eigenvalue weighted by molar-refractivity contribution is 0.366. The number of benzene rings is 6. The van der Waals surface area contributed by atoms with E-state index in [-0.39, 0.29) is 28.7 Å². The monoisotopic (exact) mass is 662 g/mol. The number of aromatic nitrogens is 1. The molecule has 2 nitrogen and oxygen atoms in total. The number of nitrogens with zero attached hydrogens (tertiary/aromatic N) is 2. The van der Waals surface area contributed by atoms with Crippen molar-refractivity contribution in [2.45, 2.75) is 29.7 Å². The minimum Gasteiger partial charge on any atom is -0.332 e. The van der Waals surface area contributed by atoms with E-state index in [1.54, 1.807) is 0 Å². The van der Waals surface area contributed by atoms with Gasteiger partial charge in [0, 0.05) is 55.7 Å². The number of hydrogen-bond donors (Lipinski definition) is 0. The van der Waals surface area contributed by atoms with E-state index in [0.717, 1.165) is 0 Å². The summed E-state index contributed by atoms with van der Waals surface area (Å²) in [5.41, 5.74) is 16.1. The standard InChI is InChI=1S/C50H34N2/c1-49-28-13-12-25-42(49)50(30-15-4-2-5-16-30,31-17-6-3-7-18-31)46-37(49)26-27-40-44(46)35-22-14-21-34-43-41(52(40)47(34)35)29-36-32-19-8-10-23-38(32)51-39-24-11-9-20-33(39)45(43)48(36)51/h2-29,34,42,47H,1H3. The topological polar surface area (TPSA) is 7.65 Å². The molecule has 6 aromatic carbocycles. The predicted molar refractivity (Wildman–Crippen MR) is 215 cm³/mol. The lowest BCUT2D eigenvalue weighted by Gasteiger charge is -2.42. The average Bonchev–Trinajstić information content (AvgIpc) is 3.97. The Balaban J connectivity index is 1.18. The van der Waals surface area contributed by atoms with Gasteiger partial charge < -0.3 is 9.30 Å². The molecule has 5 aliphatic rings. The van der Waals surface area contributed by atoms with E-state index in [2.05, 4.69) is 186 Å². The molecular weight excluding hydrogens is 629 g/mol. The van der Waals surface area contributed by atoms with Crippen LogP contribution in [0.3, 0.4) is 0 Å². The van der Waals surface area contributed by atoms with Gasteiger partial charge in [-0.3, -0.25) is 0 Å². The van der Waals surface area contributed by atoms with Gasteiger partial charge >= 0.3 is 0 Å². The summed E-state index contributed by atoms with van der Waals surface area (Å²) in [6.07, 6.45) is 16.8. The van der Waals surface area contributed by atoms with Crippen LogP contribution >= 0.6 is 0 Å². The zero-order chi connectivity index (χ0) is 33.9. The molecule has 13 rings (SSSR count). The molecule has 8 aromatic rings. The Morgan fingerprint density at radius 1 is 0.615 bits per heavy atom. The highest BCUT2D eigenvalue weighted by molar-refractivity contribution is 6.27. The fraction of sp³-hybridized carbons (Fsp3) is 0.120. The molecule has 52 heavy (non-hydrogen) atoms. The van der Waals surface area contributed by atoms with Crippen LogP contribution in [-0.2, 0) is 10.8 Å². The van der Waals surface area contributed by atoms with Gasteiger partial charge in [0.1, 0.15) is 0 Å². The number of hydrogen-bond acceptors (Lipinski definition) is 1. The third-order valence-electron chi connectivity index (χ3n) is 13.6. The summed E-state index contributed by atoms with van der Waals surface area (Å²) < 4.78 is 2.53. The van der Waals surface area contributed by atoms with Crippen molar-refractivity contribution < 1.29 is 0 Å². The molecule has 2 aliphatic heterocycles. The maximum atomic E-state index is 2.74. The molecule has 0 spiro atoms. The molecular formula is C50H34N2. The highest BCUT2D eigenvalue weighted by Gasteiger charge is 2.61. The molecule has 2 aromatic heterocycles. The largest absolute Gasteiger partial charge is 0.332 e. The van der Waals surface area contributed by atoms with Crippen molar-refractivity contribution in [3.05, 3.63) is 203 Å². The molecule has 4 heterocycles. The first kappa shape index (κ1) is 27.6. The Kier molecular flexibility index (Phi) is 4.88. The first-order chi connectivity index (χ1) is 25.7. The van der Waals surface area contributed by atoms with Gasteiger partial charge in [-0.25, -0.2) is 0 Å². The van der Waals surface area contributed by atoms with Crippen LogP contribution in [0.4, 0.5) is 11.4 Å². The first-order valence-corrected chi connectivity index (χ1v) is 18.7. The van der Waals surface area contributed by atoms with E-state index in [9.17, 15) is 0 Å². The normalized spacial score (nSPS) is 24.1. The zero-order valence-electron chi connectivity index (χ0n) is 28.8. The summed E-state index contributed by atoms with van der Waals surface area (Å²) in [5.74, 6) is 0.467. The zero-order valence-corrected chi connectivity index (χ0v) is 28.8. The Bertz CT molecular complexity index is 2950. The number of fused-ring (bicyclic) bond motifs is 17. The molecule has 4 unspecified atom stereocenters. The van der Waals surface area contributed by atoms with Crippen LogP contribution < -0.4 is 4.90 Å². The third kappa shape index (κ3) is 2.90. The minimum atomic E-state index is -0.371. The minimum absolute atomic E-state index is 0.163. The van der Waals surface area contributed by atoms with Crippen LogP contribution in [0.15, 0.2) is 170 Å². The maximum Gasteiger partial charge on any atom is 0.0702 e. The second-order valence-corrected chi connectivity index (χ2v) is 15.7. The average molecular weight is 663 g/mol. The van der Waals surface area contributed by atoms with Crippen LogP contribution in [0.2, 0.25) is 0 Å². The van der Waals surface area contributed by atoms with Crippen LogP contribution in [0.25, 0.3) is 43.7 Å². The van der Waals surface area contributed by atoms with Crippen molar-refractivity contribution in [3.8, 4) is 0 Å². The van der Waals surface area contributed by atoms with Gasteiger partial charge in [-0.05, 0) is 57.7 Å². The molecule has 0 fully saturated rings. The van der Waals surface area contributed by atoms with E-state index in [4.69, 9.17) is 0 Å². The van der Waals surface area contributed by atoms with Crippen LogP contribution in [0.5, 0.6) is 0 Å². The highest BCUT2D eigenvalue weighted by Crippen LogP contribution is 2.69. The van der Waals surface area contributed by atoms with Crippen molar-refractivity contribution in [2.24, 2.45) is 5.92 Å². The summed E-state index contributed by atoms with van der Waals surface area (Å²) in [6.45, 7) is 2.48. The summed E-state index contributed by atoms with van der Waals surface area (Å²) in [4.78, 5) is 2.74. The Morgan fingerprint density at radius 3 is 2.08 bits per heavy atom. The van der Waals surface area contributed by atoms with Crippen LogP contribution in [0.1, 0.15) is 46.2 Å². The van der Waals surface area contributed by atoms with Crippen molar-refractivity contribution in [1.29, 1.82) is 0 Å². The predicted octanol–water partition coefficient (Wildman–Crippen LogP) is 11.8. The molecule has 4 atom stereocenters. The van der Waals surface area contributed by atoms with Gasteiger partial charge in [0.15, 0.2) is 0 Å². The van der Waals surface area contributed by atoms with Gasteiger partial charge in [-0.2, -0.15) is 0 Å². The summed E-state index contributed by atoms with van der Waals surface area (Å²) >= 11 is 0. The van der Waals surface area contributed by atoms with Crippen molar-refractivity contribution in [2.75, 3.05) is 4.90 Å². The fourth-order valence-corrected chi connectivity index (χ4v) is 11.9. The van der Waals surface area contributed by atoms with Crippen molar-refractivity contribution >= 4 is 55.0 Å². The maximum absolute atomic E-state index is 2.74. The van der Waals surface area contributed by atoms with Gasteiger partial charge in [0.25, 0.3) is 0 Å². The van der Waals surface area contributed by atoms with E-state index < -0.39 is 0 Å². The fourth-order valence-electron chi connectivity index (χ4n) is 11.9. The molecule has 0 radical (unpaired) electrons. The first-order valence-electron chi connectivity index (χ1n) is 18.7. The molecule has 2 heteroatoms. The quantitative estimate of drug-likeness (QED) is 0.179. The van der Waals surface area contributed by atoms with E-state index in [0.29, 0.717) is 0 Å². The number of rotatable bonds is 2. The number of para-hydroxylation sites is 2. The molecule has 0 N–H and O–H groups in total. The second-order valence-electron chi connectivity index (χ2n) is 15.7. The lowest BCUT2D eigenvalue weighted by atomic mass is 9.59. The summed E-state index contributed by atoms with van der Waals surface area (Å²) in [6, 6.07) is 48.5. The van der Waals surface area contributed by atoms with Crippen LogP contribution in [0, 0.1) is 5.92 Å². The Morgan fingerprint density at radius 2 is 1.31 bits per heavy atom. The molecule has 0 amide bonds. The summed E-state index contributed by atoms with van der Waals surface area (Å²) in [7, 11) is 0. The van der Waals surface area contributed by atoms with E-state index >= 15 is 0 Å². The molecule has 3 aliphatic carbocycles. The SMILES string of the molecule is CC12C=CC=CC1C(c1ccccc1)(c1ccccc1)c1c2ccc2c1C1=CC=CC3c4c(cc5c6ccccc6n6c7ccccc7c4c56)N2C13. The third-order valence-corrected chi connectivity index (χ3v) is 13.6. The summed E-state index contributed by atoms with van der Waals surface area (Å²) in [5, 5.41) is 5.45. The Labute approximate surface area is 302 Å². The second kappa shape index (κ2) is 9.21. The lowest BCUT2D eigenvalue weighted by Crippen LogP contribution is -2.40. The number of anilines is 2. The van der Waals surface area contributed by atoms with Gasteiger partial charge in [0.05, 0.1) is 28.0 Å². The van der Waals surface area contributed by atoms with Crippen LogP contribution in [-0.4, -0.2) is 10.4 Å². The van der Waals surface area contributed by atoms with Gasteiger partial charge in [0.2, 0.25) is 0 Å². The molecule has 0 bridgehead atoms. The van der Waals surface area contributed by atoms with Crippen molar-refractivity contribution in [1.82, 2.24) is 4.40 Å². The Hall–Kier alpha value is -6.12. The molecule has 0 saturated heterocycles. The number of allylic oxidation sites excluding steroid dienone is 6. The van der Waals surface area contributed by atoms with Crippen molar-refractivity contribution in [3.63, 3.8) is 0 Å².